The lowest BCUT2D eigenvalue weighted by Crippen LogP contribution is -2.24. The Morgan fingerprint density at radius 1 is 1.40 bits per heavy atom. The van der Waals surface area contributed by atoms with Crippen LogP contribution in [0.4, 0.5) is 0 Å². The van der Waals surface area contributed by atoms with Crippen LogP contribution in [0.2, 0.25) is 0 Å². The van der Waals surface area contributed by atoms with E-state index in [1.54, 1.807) is 13.4 Å². The molecule has 0 radical (unpaired) electrons. The van der Waals surface area contributed by atoms with Crippen LogP contribution in [0.3, 0.4) is 0 Å². The largest absolute Gasteiger partial charge is 0.497 e. The summed E-state index contributed by atoms with van der Waals surface area (Å²) in [4.78, 5) is 4.24. The van der Waals surface area contributed by atoms with E-state index in [0.29, 0.717) is 5.92 Å². The first kappa shape index (κ1) is 13.1. The summed E-state index contributed by atoms with van der Waals surface area (Å²) in [5, 5.41) is 0. The maximum absolute atomic E-state index is 6.37. The van der Waals surface area contributed by atoms with Gasteiger partial charge in [0, 0.05) is 18.2 Å². The third-order valence-electron chi connectivity index (χ3n) is 3.83. The summed E-state index contributed by atoms with van der Waals surface area (Å²) in [7, 11) is 1.66. The number of imidazole rings is 1. The zero-order valence-electron chi connectivity index (χ0n) is 11.5. The van der Waals surface area contributed by atoms with Crippen molar-refractivity contribution in [1.29, 1.82) is 0 Å². The van der Waals surface area contributed by atoms with Gasteiger partial charge in [0.05, 0.1) is 38.0 Å². The van der Waals surface area contributed by atoms with Crippen LogP contribution in [-0.4, -0.2) is 29.9 Å². The Labute approximate surface area is 118 Å². The quantitative estimate of drug-likeness (QED) is 0.924. The van der Waals surface area contributed by atoms with Crippen molar-refractivity contribution in [3.8, 4) is 11.4 Å². The van der Waals surface area contributed by atoms with E-state index >= 15 is 0 Å². The van der Waals surface area contributed by atoms with Gasteiger partial charge in [-0.1, -0.05) is 0 Å². The fraction of sp³-hybridized carbons (Fsp3) is 0.400. The molecule has 1 aromatic heterocycles. The smallest absolute Gasteiger partial charge is 0.119 e. The van der Waals surface area contributed by atoms with Crippen molar-refractivity contribution in [3.63, 3.8) is 0 Å². The van der Waals surface area contributed by atoms with Crippen LogP contribution in [0, 0.1) is 5.92 Å². The third-order valence-corrected chi connectivity index (χ3v) is 3.83. The van der Waals surface area contributed by atoms with Crippen LogP contribution in [-0.2, 0) is 4.74 Å². The van der Waals surface area contributed by atoms with Crippen molar-refractivity contribution >= 4 is 0 Å². The SMILES string of the molecule is COc1ccc(-n2cncc2C(N)C2CCOC2)cc1. The van der Waals surface area contributed by atoms with Crippen LogP contribution < -0.4 is 10.5 Å². The van der Waals surface area contributed by atoms with Gasteiger partial charge in [-0.2, -0.15) is 0 Å². The molecule has 2 aromatic rings. The molecule has 1 fully saturated rings. The van der Waals surface area contributed by atoms with Crippen molar-refractivity contribution in [3.05, 3.63) is 42.5 Å². The van der Waals surface area contributed by atoms with Gasteiger partial charge in [-0.25, -0.2) is 4.98 Å². The number of hydrogen-bond donors (Lipinski definition) is 1. The molecule has 20 heavy (non-hydrogen) atoms. The Balaban J connectivity index is 1.88. The highest BCUT2D eigenvalue weighted by atomic mass is 16.5. The molecule has 0 saturated carbocycles. The van der Waals surface area contributed by atoms with E-state index in [1.807, 2.05) is 35.0 Å². The summed E-state index contributed by atoms with van der Waals surface area (Å²) in [5.41, 5.74) is 8.43. The van der Waals surface area contributed by atoms with Gasteiger partial charge >= 0.3 is 0 Å². The molecule has 2 atom stereocenters. The van der Waals surface area contributed by atoms with E-state index in [4.69, 9.17) is 15.2 Å². The monoisotopic (exact) mass is 273 g/mol. The molecule has 106 valence electrons. The zero-order chi connectivity index (χ0) is 13.9. The molecule has 2 N–H and O–H groups in total. The molecule has 2 heterocycles. The topological polar surface area (TPSA) is 62.3 Å². The van der Waals surface area contributed by atoms with Crippen LogP contribution >= 0.6 is 0 Å². The van der Waals surface area contributed by atoms with Crippen LogP contribution in [0.5, 0.6) is 5.75 Å². The molecule has 1 aliphatic rings. The number of methoxy groups -OCH3 is 1. The van der Waals surface area contributed by atoms with Gasteiger partial charge in [-0.05, 0) is 30.7 Å². The molecule has 0 amide bonds. The van der Waals surface area contributed by atoms with E-state index in [2.05, 4.69) is 4.98 Å². The Kier molecular flexibility index (Phi) is 3.71. The van der Waals surface area contributed by atoms with E-state index < -0.39 is 0 Å². The van der Waals surface area contributed by atoms with Gasteiger partial charge in [0.2, 0.25) is 0 Å². The lowest BCUT2D eigenvalue weighted by atomic mass is 9.97. The van der Waals surface area contributed by atoms with E-state index in [1.165, 1.54) is 0 Å². The standard InChI is InChI=1S/C15H19N3O2/c1-19-13-4-2-12(3-5-13)18-10-17-8-14(18)15(16)11-6-7-20-9-11/h2-5,8,10-11,15H,6-7,9,16H2,1H3. The Morgan fingerprint density at radius 3 is 2.85 bits per heavy atom. The molecule has 2 unspecified atom stereocenters. The summed E-state index contributed by atoms with van der Waals surface area (Å²) < 4.78 is 12.6. The zero-order valence-corrected chi connectivity index (χ0v) is 11.5. The number of ether oxygens (including phenoxy) is 2. The molecular weight excluding hydrogens is 254 g/mol. The van der Waals surface area contributed by atoms with Gasteiger partial charge in [-0.3, -0.25) is 0 Å². The van der Waals surface area contributed by atoms with Crippen LogP contribution in [0.1, 0.15) is 18.2 Å². The predicted octanol–water partition coefficient (Wildman–Crippen LogP) is 1.92. The third kappa shape index (κ3) is 2.42. The Hall–Kier alpha value is -1.85. The van der Waals surface area contributed by atoms with Gasteiger partial charge in [0.15, 0.2) is 0 Å². The minimum absolute atomic E-state index is 0.0536. The predicted molar refractivity (Wildman–Crippen MR) is 76.0 cm³/mol. The second kappa shape index (κ2) is 5.64. The van der Waals surface area contributed by atoms with Crippen molar-refractivity contribution in [1.82, 2.24) is 9.55 Å². The van der Waals surface area contributed by atoms with Gasteiger partial charge in [0.25, 0.3) is 0 Å². The molecule has 0 spiro atoms. The summed E-state index contributed by atoms with van der Waals surface area (Å²) in [5.74, 6) is 1.20. The Bertz CT molecular complexity index is 559. The molecule has 1 saturated heterocycles. The summed E-state index contributed by atoms with van der Waals surface area (Å²) >= 11 is 0. The Morgan fingerprint density at radius 2 is 2.20 bits per heavy atom. The number of nitrogens with two attached hydrogens (primary N) is 1. The first-order valence-electron chi connectivity index (χ1n) is 6.79. The highest BCUT2D eigenvalue weighted by molar-refractivity contribution is 5.39. The normalized spacial score (nSPS) is 20.0. The number of aromatic nitrogens is 2. The van der Waals surface area contributed by atoms with Gasteiger partial charge in [0.1, 0.15) is 5.75 Å². The molecule has 0 aliphatic carbocycles. The number of rotatable bonds is 4. The van der Waals surface area contributed by atoms with Gasteiger partial charge < -0.3 is 19.8 Å². The summed E-state index contributed by atoms with van der Waals surface area (Å²) in [6.07, 6.45) is 4.65. The average molecular weight is 273 g/mol. The molecule has 0 bridgehead atoms. The first-order valence-corrected chi connectivity index (χ1v) is 6.79. The second-order valence-electron chi connectivity index (χ2n) is 5.04. The van der Waals surface area contributed by atoms with E-state index in [9.17, 15) is 0 Å². The highest BCUT2D eigenvalue weighted by Crippen LogP contribution is 2.28. The lowest BCUT2D eigenvalue weighted by molar-refractivity contribution is 0.180. The fourth-order valence-electron chi connectivity index (χ4n) is 2.59. The number of hydrogen-bond acceptors (Lipinski definition) is 4. The first-order chi connectivity index (χ1) is 9.79. The van der Waals surface area contributed by atoms with Crippen molar-refractivity contribution in [2.45, 2.75) is 12.5 Å². The van der Waals surface area contributed by atoms with Crippen LogP contribution in [0.15, 0.2) is 36.8 Å². The maximum Gasteiger partial charge on any atom is 0.119 e. The van der Waals surface area contributed by atoms with Crippen molar-refractivity contribution in [2.24, 2.45) is 11.7 Å². The van der Waals surface area contributed by atoms with E-state index in [0.717, 1.165) is 36.8 Å². The number of nitrogens with zero attached hydrogens (tertiary/aromatic N) is 2. The second-order valence-corrected chi connectivity index (χ2v) is 5.04. The molecule has 1 aliphatic heterocycles. The van der Waals surface area contributed by atoms with E-state index in [-0.39, 0.29) is 6.04 Å². The average Bonchev–Trinajstić information content (AvgIpc) is 3.18. The van der Waals surface area contributed by atoms with Crippen molar-refractivity contribution < 1.29 is 9.47 Å². The molecule has 1 aromatic carbocycles. The summed E-state index contributed by atoms with van der Waals surface area (Å²) in [6.45, 7) is 1.53. The molecule has 3 rings (SSSR count). The highest BCUT2D eigenvalue weighted by Gasteiger charge is 2.26. The fourth-order valence-corrected chi connectivity index (χ4v) is 2.59. The maximum atomic E-state index is 6.37. The lowest BCUT2D eigenvalue weighted by Gasteiger charge is -2.19. The summed E-state index contributed by atoms with van der Waals surface area (Å²) in [6, 6.07) is 7.82. The minimum Gasteiger partial charge on any atom is -0.497 e. The molecule has 5 heteroatoms. The minimum atomic E-state index is -0.0536. The van der Waals surface area contributed by atoms with Gasteiger partial charge in [-0.15, -0.1) is 0 Å². The van der Waals surface area contributed by atoms with Crippen molar-refractivity contribution in [2.75, 3.05) is 20.3 Å². The van der Waals surface area contributed by atoms with Crippen LogP contribution in [0.25, 0.3) is 5.69 Å². The molecular formula is C15H19N3O2. The molecule has 5 nitrogen and oxygen atoms in total. The number of benzene rings is 1.